The number of H-pyrrole nitrogens is 2. The first kappa shape index (κ1) is 112. The van der Waals surface area contributed by atoms with Crippen LogP contribution in [0.5, 0.6) is 0 Å². The molecule has 10 aromatic heterocycles. The van der Waals surface area contributed by atoms with Crippen molar-refractivity contribution >= 4 is 182 Å². The predicted octanol–water partition coefficient (Wildman–Crippen LogP) is -17.5. The maximum Gasteiger partial charge on any atom is 0.349 e. The number of hydrogen-bond acceptors (Lipinski definition) is 42. The first-order valence-corrected chi connectivity index (χ1v) is 45.4. The highest BCUT2D eigenvalue weighted by Gasteiger charge is 2.30. The number of carbonyl (C=O) groups is 17. The lowest BCUT2D eigenvalue weighted by Gasteiger charge is -2.26. The van der Waals surface area contributed by atoms with Gasteiger partial charge in [0.05, 0.1) is 83.9 Å². The summed E-state index contributed by atoms with van der Waals surface area (Å²) in [6.07, 6.45) is 10.3. The van der Waals surface area contributed by atoms with Crippen molar-refractivity contribution in [3.05, 3.63) is 143 Å². The molecule has 0 aromatic carbocycles. The zero-order chi connectivity index (χ0) is 108. The number of rotatable bonds is 55. The van der Waals surface area contributed by atoms with Crippen molar-refractivity contribution in [1.29, 1.82) is 0 Å². The lowest BCUT2D eigenvalue weighted by atomic mass is 10.3. The van der Waals surface area contributed by atoms with E-state index in [4.69, 9.17) is 45.9 Å². The molecule has 27 N–H and O–H groups in total. The lowest BCUT2D eigenvalue weighted by molar-refractivity contribution is -0.138. The van der Waals surface area contributed by atoms with E-state index in [9.17, 15) is 110 Å². The Morgan fingerprint density at radius 3 is 0.966 bits per heavy atom. The van der Waals surface area contributed by atoms with Crippen molar-refractivity contribution in [2.75, 3.05) is 191 Å². The molecule has 0 unspecified atom stereocenters. The second kappa shape index (κ2) is 53.3. The fourth-order valence-electron chi connectivity index (χ4n) is 13.8. The van der Waals surface area contributed by atoms with E-state index in [1.54, 1.807) is 0 Å². The van der Waals surface area contributed by atoms with Crippen LogP contribution in [0, 0.1) is 6.92 Å². The van der Waals surface area contributed by atoms with Crippen LogP contribution in [-0.4, -0.2) is 394 Å². The Morgan fingerprint density at radius 2 is 0.644 bits per heavy atom. The summed E-state index contributed by atoms with van der Waals surface area (Å²) in [4.78, 5) is 364. The number of hydrogen-bond donors (Lipinski definition) is 20. The minimum atomic E-state index is -1.04. The van der Waals surface area contributed by atoms with E-state index >= 15 is 0 Å². The molecule has 149 heavy (non-hydrogen) atoms. The van der Waals surface area contributed by atoms with E-state index in [1.165, 1.54) is 53.1 Å². The fourth-order valence-corrected chi connectivity index (χ4v) is 14.0. The van der Waals surface area contributed by atoms with Crippen LogP contribution >= 0.6 is 12.6 Å². The Kier molecular flexibility index (Phi) is 40.0. The number of carbonyl (C=O) groups excluding carboxylic acids is 17. The highest BCUT2D eigenvalue weighted by molar-refractivity contribution is 7.80. The van der Waals surface area contributed by atoms with E-state index in [2.05, 4.69) is 125 Å². The smallest absolute Gasteiger partial charge is 0.349 e. The molecule has 794 valence electrons. The number of primary amides is 1. The van der Waals surface area contributed by atoms with Crippen molar-refractivity contribution < 1.29 is 81.5 Å². The molecule has 10 aromatic rings. The molecular weight excluding hydrogens is 1990 g/mol. The average Bonchev–Trinajstić information content (AvgIpc) is 1.59. The number of fused-ring (bicyclic) bond motifs is 3. The van der Waals surface area contributed by atoms with Crippen molar-refractivity contribution in [1.82, 2.24) is 179 Å². The summed E-state index contributed by atoms with van der Waals surface area (Å²) in [5, 5.41) is 22.3. The van der Waals surface area contributed by atoms with Gasteiger partial charge in [0.25, 0.3) is 11.1 Å². The second-order valence-electron chi connectivity index (χ2n) is 32.5. The standard InChI is InChI=1S/C81H106N44O23S/c1-45-24-122(81(148)111-74(45)142)35-62(138)114(17-7-92-52(128)25-113(60(136)33-120-13-3-48(84)107-79(120)146)16-6-91-57(133)30-118(21-11-96-75(143)46(82)39-149)61(137)34-121-14-4-49(85)108-80(121)147)27-54(130)94-9-19-116(64(140)37-124-43-104-67-70(88)100-41-102-72(67)124)28-55(131)90-5-15-112(59(135)32-119-12-2-47(83)106-78(119)145)26-53(129)93-8-18-115(63(139)36-123-42-103-66-69(87)99-40-101-71(66)123)29-56(132)95-10-20-117(31-58(134)98-23-51(127)97-22-50(86)126)65(141)38-125-44-105-68-73(125)109-77(89)110-76(68)144/h2-4,12-14,24,40-44,46,149H,5-11,15-23,25-39,82H2,1H3,(H2,86,126)(H,90,131)(H,91,133)(H,92,128)(H,93,129)(H,94,130)(H,95,132)(H,96,143)(H,97,127)(H,98,134)(H2,83,106,145)(H2,84,107,146)(H2,85,108,147)(H2,87,99,101)(H2,88,100,102)(H,111,142,148)(H3,89,109,110,144)/t46-/m0/s1. The zero-order valence-corrected chi connectivity index (χ0v) is 80.5. The van der Waals surface area contributed by atoms with E-state index in [0.717, 1.165) is 94.7 Å². The van der Waals surface area contributed by atoms with Crippen LogP contribution in [0.1, 0.15) is 5.56 Å². The van der Waals surface area contributed by atoms with Crippen molar-refractivity contribution in [2.24, 2.45) is 11.5 Å². The number of anilines is 6. The predicted molar refractivity (Wildman–Crippen MR) is 521 cm³/mol. The van der Waals surface area contributed by atoms with Crippen LogP contribution in [0.15, 0.2) is 103 Å². The third-order valence-corrected chi connectivity index (χ3v) is 21.9. The number of aromatic nitrogens is 20. The number of thiol groups is 1. The molecule has 10 heterocycles. The lowest BCUT2D eigenvalue weighted by Crippen LogP contribution is -2.50. The Labute approximate surface area is 842 Å². The van der Waals surface area contributed by atoms with Gasteiger partial charge in [-0.2, -0.15) is 32.6 Å². The van der Waals surface area contributed by atoms with Gasteiger partial charge in [0.15, 0.2) is 34.1 Å². The Bertz CT molecular complexity index is 7090. The topological polar surface area (TPSA) is 940 Å². The summed E-state index contributed by atoms with van der Waals surface area (Å²) in [6.45, 7) is -16.4. The molecule has 0 saturated carbocycles. The minimum absolute atomic E-state index is 0.00612. The number of nitrogen functional groups attached to an aromatic ring is 6. The first-order valence-electron chi connectivity index (χ1n) is 44.8. The van der Waals surface area contributed by atoms with E-state index in [1.807, 2.05) is 0 Å². The van der Waals surface area contributed by atoms with Crippen LogP contribution < -0.4 is 128 Å². The molecular formula is C81H106N44O23S. The molecule has 17 amide bonds. The number of imidazole rings is 3. The summed E-state index contributed by atoms with van der Waals surface area (Å²) in [5.41, 5.74) is 40.4. The van der Waals surface area contributed by atoms with Crippen LogP contribution in [0.3, 0.4) is 0 Å². The van der Waals surface area contributed by atoms with Gasteiger partial charge in [0.2, 0.25) is 106 Å². The number of amides is 17. The van der Waals surface area contributed by atoms with Gasteiger partial charge in [-0.25, -0.2) is 54.1 Å². The van der Waals surface area contributed by atoms with Crippen LogP contribution in [0.4, 0.5) is 35.0 Å². The second-order valence-corrected chi connectivity index (χ2v) is 32.9. The molecule has 0 aliphatic heterocycles. The average molecular weight is 2100 g/mol. The summed E-state index contributed by atoms with van der Waals surface area (Å²) in [7, 11) is 0. The summed E-state index contributed by atoms with van der Waals surface area (Å²) < 4.78 is 7.15. The summed E-state index contributed by atoms with van der Waals surface area (Å²) >= 11 is 4.01. The zero-order valence-electron chi connectivity index (χ0n) is 79.6. The van der Waals surface area contributed by atoms with Crippen molar-refractivity contribution in [2.45, 2.75) is 58.8 Å². The molecule has 0 spiro atoms. The van der Waals surface area contributed by atoms with Gasteiger partial charge in [-0.05, 0) is 25.1 Å². The van der Waals surface area contributed by atoms with Gasteiger partial charge in [-0.3, -0.25) is 119 Å². The Hall–Kier alpha value is -19.1. The van der Waals surface area contributed by atoms with Gasteiger partial charge in [0.1, 0.15) is 87.0 Å². The molecule has 0 saturated heterocycles. The first-order chi connectivity index (χ1) is 71.0. The number of nitrogens with one attached hydrogen (secondary N) is 11. The van der Waals surface area contributed by atoms with Crippen LogP contribution in [0.2, 0.25) is 0 Å². The van der Waals surface area contributed by atoms with Crippen LogP contribution in [0.25, 0.3) is 33.5 Å². The molecule has 68 heteroatoms. The van der Waals surface area contributed by atoms with Crippen molar-refractivity contribution in [3.63, 3.8) is 0 Å². The van der Waals surface area contributed by atoms with Gasteiger partial charge in [-0.15, -0.1) is 0 Å². The molecule has 67 nitrogen and oxygen atoms in total. The molecule has 0 aliphatic carbocycles. The Balaban J connectivity index is 0.804. The number of aryl methyl sites for hydroxylation is 1. The monoisotopic (exact) mass is 2090 g/mol. The highest BCUT2D eigenvalue weighted by atomic mass is 32.1. The fraction of sp³-hybridized carbons (Fsp3) is 0.407. The molecule has 0 bridgehead atoms. The maximum atomic E-state index is 14.6. The largest absolute Gasteiger partial charge is 0.383 e. The molecule has 1 atom stereocenters. The summed E-state index contributed by atoms with van der Waals surface area (Å²) in [6, 6.07) is 2.63. The quantitative estimate of drug-likeness (QED) is 0.0157. The molecule has 0 fully saturated rings. The normalized spacial score (nSPS) is 11.2. The molecule has 0 radical (unpaired) electrons. The number of nitrogens with zero attached hydrogens (tertiary/aromatic N) is 25. The SMILES string of the molecule is Cc1cn(CC(=O)N(CCNC(=O)CN(CCNC(=O)CN(CCNC(=O)[C@@H](N)CS)C(=O)Cn2ccc(N)nc2=O)C(=O)Cn2ccc(N)nc2=O)CC(=O)NCCN(CC(=O)NCCN(CC(=O)NCCN(CC(=O)NCCN(CC(=O)NCC(=O)NCC(N)=O)C(=O)Cn2cnc3c(=O)[nH]c(N)nc32)C(=O)Cn2cnc3c(N)ncnc32)C(=O)Cn2ccc(N)nc2=O)C(=O)Cn2cnc3c(N)ncnc32)c(=O)[nH]c1=O. The van der Waals surface area contributed by atoms with Gasteiger partial charge in [0, 0.05) is 128 Å². The molecule has 0 aliphatic rings. The maximum absolute atomic E-state index is 14.6. The molecule has 10 rings (SSSR count). The third kappa shape index (κ3) is 33.5. The van der Waals surface area contributed by atoms with Crippen molar-refractivity contribution in [3.8, 4) is 0 Å². The van der Waals surface area contributed by atoms with E-state index in [0.29, 0.717) is 0 Å². The van der Waals surface area contributed by atoms with Gasteiger partial charge in [-0.1, -0.05) is 0 Å². The third-order valence-electron chi connectivity index (χ3n) is 21.5. The van der Waals surface area contributed by atoms with Crippen LogP contribution in [-0.2, 0) is 127 Å². The van der Waals surface area contributed by atoms with E-state index < -0.39 is 324 Å². The number of nitrogens with two attached hydrogens (primary N) is 8. The minimum Gasteiger partial charge on any atom is -0.383 e. The van der Waals surface area contributed by atoms with Gasteiger partial charge >= 0.3 is 22.8 Å². The summed E-state index contributed by atoms with van der Waals surface area (Å²) in [5.74, 6) is -15.7. The Morgan fingerprint density at radius 1 is 0.349 bits per heavy atom. The number of aromatic amines is 2. The van der Waals surface area contributed by atoms with Gasteiger partial charge < -0.3 is 142 Å². The highest BCUT2D eigenvalue weighted by Crippen LogP contribution is 2.17. The van der Waals surface area contributed by atoms with E-state index in [-0.39, 0.29) is 92.9 Å².